The quantitative estimate of drug-likeness (QED) is 0.202. The average molecular weight is 598 g/mol. The number of thiophene rings is 1. The van der Waals surface area contributed by atoms with Gasteiger partial charge in [-0.15, -0.1) is 11.3 Å². The van der Waals surface area contributed by atoms with Crippen molar-refractivity contribution < 1.29 is 4.42 Å². The van der Waals surface area contributed by atoms with Gasteiger partial charge in [0.25, 0.3) is 0 Å². The number of halogens is 1. The van der Waals surface area contributed by atoms with Crippen LogP contribution in [0.4, 0.5) is 17.1 Å². The maximum absolute atomic E-state index is 5.50. The minimum Gasteiger partial charge on any atom is -0.443 e. The van der Waals surface area contributed by atoms with E-state index < -0.39 is 0 Å². The van der Waals surface area contributed by atoms with Crippen LogP contribution in [0.3, 0.4) is 0 Å². The van der Waals surface area contributed by atoms with Crippen molar-refractivity contribution in [2.75, 3.05) is 4.90 Å². The number of hydrogen-bond acceptors (Lipinski definition) is 4. The molecule has 40 heavy (non-hydrogen) atoms. The molecule has 0 aliphatic carbocycles. The van der Waals surface area contributed by atoms with E-state index in [2.05, 4.69) is 135 Å². The van der Waals surface area contributed by atoms with Gasteiger partial charge in [-0.05, 0) is 82.6 Å². The smallest absolute Gasteiger partial charge is 0.181 e. The van der Waals surface area contributed by atoms with Gasteiger partial charge >= 0.3 is 0 Å². The molecule has 0 aliphatic rings. The fourth-order valence-electron chi connectivity index (χ4n) is 5.62. The fraction of sp³-hybridized carbons (Fsp3) is 0. The highest BCUT2D eigenvalue weighted by Gasteiger charge is 2.17. The van der Waals surface area contributed by atoms with Gasteiger partial charge in [-0.3, -0.25) is 0 Å². The molecule has 0 saturated carbocycles. The van der Waals surface area contributed by atoms with E-state index in [4.69, 9.17) is 4.42 Å². The summed E-state index contributed by atoms with van der Waals surface area (Å²) in [7, 11) is 0. The Morgan fingerprint density at radius 1 is 0.675 bits per heavy atom. The van der Waals surface area contributed by atoms with Gasteiger partial charge in [-0.25, -0.2) is 4.98 Å². The molecule has 0 unspecified atom stereocenters. The molecule has 0 radical (unpaired) electrons. The summed E-state index contributed by atoms with van der Waals surface area (Å²) in [5.41, 5.74) is 7.34. The van der Waals surface area contributed by atoms with E-state index >= 15 is 0 Å². The van der Waals surface area contributed by atoms with E-state index in [-0.39, 0.29) is 0 Å². The Kier molecular flexibility index (Phi) is 5.47. The van der Waals surface area contributed by atoms with Gasteiger partial charge in [-0.2, -0.15) is 0 Å². The van der Waals surface area contributed by atoms with E-state index in [0.29, 0.717) is 0 Å². The van der Waals surface area contributed by atoms with E-state index in [1.807, 2.05) is 23.5 Å². The van der Waals surface area contributed by atoms with Crippen molar-refractivity contribution in [3.05, 3.63) is 132 Å². The molecule has 0 bridgehead atoms. The van der Waals surface area contributed by atoms with Crippen molar-refractivity contribution in [2.45, 2.75) is 0 Å². The van der Waals surface area contributed by atoms with Gasteiger partial charge < -0.3 is 9.32 Å². The normalized spacial score (nSPS) is 11.6. The second kappa shape index (κ2) is 9.33. The first-order valence-corrected chi connectivity index (χ1v) is 14.7. The summed E-state index contributed by atoms with van der Waals surface area (Å²) in [5.74, 6) is 0. The Hall–Kier alpha value is -4.45. The zero-order valence-electron chi connectivity index (χ0n) is 21.2. The number of fused-ring (bicyclic) bond motifs is 6. The van der Waals surface area contributed by atoms with Crippen molar-refractivity contribution in [3.63, 3.8) is 0 Å². The molecule has 0 fully saturated rings. The van der Waals surface area contributed by atoms with E-state index in [1.165, 1.54) is 48.5 Å². The highest BCUT2D eigenvalue weighted by molar-refractivity contribution is 9.10. The Labute approximate surface area is 243 Å². The van der Waals surface area contributed by atoms with Gasteiger partial charge in [0.1, 0.15) is 5.52 Å². The monoisotopic (exact) mass is 596 g/mol. The molecule has 6 aromatic carbocycles. The molecule has 8 aromatic rings. The molecule has 2 aromatic heterocycles. The molecule has 0 N–H and O–H groups in total. The largest absolute Gasteiger partial charge is 0.443 e. The molecule has 0 amide bonds. The van der Waals surface area contributed by atoms with Gasteiger partial charge in [0.2, 0.25) is 0 Å². The third-order valence-electron chi connectivity index (χ3n) is 7.46. The summed E-state index contributed by atoms with van der Waals surface area (Å²) in [6, 6.07) is 43.2. The number of benzene rings is 6. The lowest BCUT2D eigenvalue weighted by Gasteiger charge is -2.25. The van der Waals surface area contributed by atoms with Crippen LogP contribution >= 0.6 is 27.3 Å². The summed E-state index contributed by atoms with van der Waals surface area (Å²) < 4.78 is 9.21. The van der Waals surface area contributed by atoms with E-state index in [0.717, 1.165) is 32.6 Å². The second-order valence-corrected chi connectivity index (χ2v) is 11.8. The van der Waals surface area contributed by atoms with Crippen molar-refractivity contribution in [3.8, 4) is 11.1 Å². The number of rotatable bonds is 4. The molecule has 0 spiro atoms. The number of hydrogen-bond donors (Lipinski definition) is 0. The first-order chi connectivity index (χ1) is 19.7. The lowest BCUT2D eigenvalue weighted by Crippen LogP contribution is -2.09. The van der Waals surface area contributed by atoms with E-state index in [9.17, 15) is 0 Å². The Morgan fingerprint density at radius 2 is 1.48 bits per heavy atom. The minimum absolute atomic E-state index is 0.782. The van der Waals surface area contributed by atoms with Crippen molar-refractivity contribution in [2.24, 2.45) is 0 Å². The van der Waals surface area contributed by atoms with Crippen LogP contribution in [0.2, 0.25) is 0 Å². The lowest BCUT2D eigenvalue weighted by molar-refractivity contribution is 0.602. The van der Waals surface area contributed by atoms with Crippen molar-refractivity contribution in [1.82, 2.24) is 4.98 Å². The first-order valence-electron chi connectivity index (χ1n) is 13.1. The van der Waals surface area contributed by atoms with Crippen molar-refractivity contribution >= 4 is 86.4 Å². The average Bonchev–Trinajstić information content (AvgIpc) is 3.63. The standard InChI is InChI=1S/C35H21BrN2OS/c36-24-12-9-22(10-13-24)28-7-4-8-33-34(28)30-16-11-23-19-26(14-17-29(23)35(30)40-33)38(25-5-2-1-3-6-25)27-15-18-32-31(20-27)37-21-39-32/h1-21H. The highest BCUT2D eigenvalue weighted by Crippen LogP contribution is 2.44. The third-order valence-corrected chi connectivity index (χ3v) is 9.19. The molecule has 0 atom stereocenters. The molecule has 8 rings (SSSR count). The summed E-state index contributed by atoms with van der Waals surface area (Å²) in [6.07, 6.45) is 1.50. The van der Waals surface area contributed by atoms with Gasteiger partial charge in [0, 0.05) is 41.7 Å². The van der Waals surface area contributed by atoms with Gasteiger partial charge in [0.15, 0.2) is 12.0 Å². The fourth-order valence-corrected chi connectivity index (χ4v) is 7.15. The molecule has 3 nitrogen and oxygen atoms in total. The van der Waals surface area contributed by atoms with Crippen LogP contribution in [0, 0.1) is 0 Å². The maximum Gasteiger partial charge on any atom is 0.181 e. The zero-order chi connectivity index (χ0) is 26.6. The second-order valence-electron chi connectivity index (χ2n) is 9.81. The number of para-hydroxylation sites is 1. The van der Waals surface area contributed by atoms with Crippen LogP contribution in [0.15, 0.2) is 137 Å². The van der Waals surface area contributed by atoms with Crippen LogP contribution in [-0.4, -0.2) is 4.98 Å². The maximum atomic E-state index is 5.50. The van der Waals surface area contributed by atoms with Gasteiger partial charge in [0.05, 0.1) is 0 Å². The summed E-state index contributed by atoms with van der Waals surface area (Å²) in [5, 5.41) is 5.10. The summed E-state index contributed by atoms with van der Waals surface area (Å²) >= 11 is 5.44. The van der Waals surface area contributed by atoms with Crippen LogP contribution in [-0.2, 0) is 0 Å². The first kappa shape index (κ1) is 23.4. The Morgan fingerprint density at radius 3 is 2.35 bits per heavy atom. The summed E-state index contributed by atoms with van der Waals surface area (Å²) in [4.78, 5) is 6.66. The zero-order valence-corrected chi connectivity index (χ0v) is 23.6. The van der Waals surface area contributed by atoms with E-state index in [1.54, 1.807) is 0 Å². The number of anilines is 3. The number of oxazole rings is 1. The Bertz CT molecular complexity index is 2180. The predicted octanol–water partition coefficient (Wildman–Crippen LogP) is 11.2. The molecule has 190 valence electrons. The van der Waals surface area contributed by atoms with Crippen molar-refractivity contribution in [1.29, 1.82) is 0 Å². The minimum atomic E-state index is 0.782. The topological polar surface area (TPSA) is 29.3 Å². The molecular weight excluding hydrogens is 576 g/mol. The summed E-state index contributed by atoms with van der Waals surface area (Å²) in [6.45, 7) is 0. The third kappa shape index (κ3) is 3.81. The molecule has 0 aliphatic heterocycles. The SMILES string of the molecule is Brc1ccc(-c2cccc3sc4c5ccc(N(c6ccccc6)c6ccc7ocnc7c6)cc5ccc4c23)cc1. The van der Waals surface area contributed by atoms with Crippen LogP contribution in [0.1, 0.15) is 0 Å². The number of aromatic nitrogens is 1. The van der Waals surface area contributed by atoms with Crippen LogP contribution in [0.25, 0.3) is 53.2 Å². The molecule has 2 heterocycles. The van der Waals surface area contributed by atoms with Gasteiger partial charge in [-0.1, -0.05) is 76.6 Å². The van der Waals surface area contributed by atoms with Crippen LogP contribution in [0.5, 0.6) is 0 Å². The predicted molar refractivity (Wildman–Crippen MR) is 172 cm³/mol. The Balaban J connectivity index is 1.31. The molecular formula is C35H21BrN2OS. The number of nitrogens with zero attached hydrogens (tertiary/aromatic N) is 2. The lowest BCUT2D eigenvalue weighted by atomic mass is 9.98. The highest BCUT2D eigenvalue weighted by atomic mass is 79.9. The van der Waals surface area contributed by atoms with Crippen LogP contribution < -0.4 is 4.90 Å². The molecule has 5 heteroatoms. The molecule has 0 saturated heterocycles.